The Labute approximate surface area is 92.8 Å². The van der Waals surface area contributed by atoms with Crippen molar-refractivity contribution in [3.8, 4) is 0 Å². The van der Waals surface area contributed by atoms with Gasteiger partial charge in [0.1, 0.15) is 12.4 Å². The second-order valence-electron chi connectivity index (χ2n) is 2.54. The molecule has 92 valence electrons. The van der Waals surface area contributed by atoms with E-state index in [1.807, 2.05) is 0 Å². The molecule has 1 N–H and O–H groups in total. The first kappa shape index (κ1) is 14.6. The zero-order chi connectivity index (χ0) is 12.6. The number of carbonyl (C=O) groups excluding carboxylic acids is 2. The minimum absolute atomic E-state index is 0.182. The Morgan fingerprint density at radius 1 is 1.19 bits per heavy atom. The van der Waals surface area contributed by atoms with Crippen molar-refractivity contribution < 1.29 is 32.0 Å². The van der Waals surface area contributed by atoms with E-state index in [-0.39, 0.29) is 6.61 Å². The third kappa shape index (κ3) is 9.16. The quantitative estimate of drug-likeness (QED) is 0.387. The van der Waals surface area contributed by atoms with Crippen LogP contribution in [0.15, 0.2) is 12.2 Å². The molecule has 0 aromatic carbocycles. The third-order valence-corrected chi connectivity index (χ3v) is 1.91. The fraction of sp³-hybridized carbons (Fsp3) is 0.500. The van der Waals surface area contributed by atoms with E-state index in [2.05, 4.69) is 9.47 Å². The largest absolute Gasteiger partial charge is 0.463 e. The Morgan fingerprint density at radius 2 is 1.69 bits per heavy atom. The number of esters is 2. The Kier molecular flexibility index (Phi) is 6.35. The van der Waals surface area contributed by atoms with Crippen LogP contribution < -0.4 is 0 Å². The molecule has 0 heterocycles. The molecule has 0 radical (unpaired) electrons. The Hall–Kier alpha value is -1.41. The summed E-state index contributed by atoms with van der Waals surface area (Å²) in [5.41, 5.74) is 0. The molecule has 0 rings (SSSR count). The van der Waals surface area contributed by atoms with E-state index in [1.165, 1.54) is 0 Å². The van der Waals surface area contributed by atoms with E-state index in [9.17, 15) is 18.0 Å². The molecule has 0 bridgehead atoms. The average Bonchev–Trinajstić information content (AvgIpc) is 2.13. The van der Waals surface area contributed by atoms with E-state index in [1.54, 1.807) is 6.92 Å². The molecule has 0 aromatic rings. The molecule has 16 heavy (non-hydrogen) atoms. The molecule has 8 heteroatoms. The van der Waals surface area contributed by atoms with Crippen molar-refractivity contribution in [2.75, 3.05) is 19.0 Å². The highest BCUT2D eigenvalue weighted by Crippen LogP contribution is 1.88. The predicted molar refractivity (Wildman–Crippen MR) is 53.1 cm³/mol. The lowest BCUT2D eigenvalue weighted by Crippen LogP contribution is -2.13. The third-order valence-electron chi connectivity index (χ3n) is 1.23. The van der Waals surface area contributed by atoms with Crippen LogP contribution in [0.25, 0.3) is 0 Å². The monoisotopic (exact) mass is 252 g/mol. The predicted octanol–water partition coefficient (Wildman–Crippen LogP) is -0.463. The highest BCUT2D eigenvalue weighted by Gasteiger charge is 2.06. The summed E-state index contributed by atoms with van der Waals surface area (Å²) in [6.45, 7) is 1.31. The molecule has 0 amide bonds. The van der Waals surface area contributed by atoms with E-state index in [0.717, 1.165) is 12.2 Å². The summed E-state index contributed by atoms with van der Waals surface area (Å²) in [5.74, 6) is -2.28. The molecule has 0 aliphatic heterocycles. The smallest absolute Gasteiger partial charge is 0.331 e. The van der Waals surface area contributed by atoms with Crippen LogP contribution in [0.2, 0.25) is 0 Å². The summed E-state index contributed by atoms with van der Waals surface area (Å²) in [6, 6.07) is 0. The number of carbonyl (C=O) groups is 2. The normalized spacial score (nSPS) is 11.4. The topological polar surface area (TPSA) is 107 Å². The minimum Gasteiger partial charge on any atom is -0.463 e. The van der Waals surface area contributed by atoms with Gasteiger partial charge in [-0.05, 0) is 6.92 Å². The molecule has 0 aliphatic carbocycles. The van der Waals surface area contributed by atoms with Crippen LogP contribution in [-0.2, 0) is 29.2 Å². The van der Waals surface area contributed by atoms with Crippen molar-refractivity contribution in [1.29, 1.82) is 0 Å². The second-order valence-corrected chi connectivity index (χ2v) is 4.11. The summed E-state index contributed by atoms with van der Waals surface area (Å²) < 4.78 is 37.6. The van der Waals surface area contributed by atoms with Gasteiger partial charge in [0.25, 0.3) is 10.1 Å². The molecule has 0 aliphatic rings. The van der Waals surface area contributed by atoms with Gasteiger partial charge in [0.2, 0.25) is 0 Å². The van der Waals surface area contributed by atoms with Gasteiger partial charge in [-0.2, -0.15) is 8.42 Å². The standard InChI is InChI=1S/C8H12O7S/c1-2-14-7(9)3-4-8(10)15-5-6-16(11,12)13/h3-4H,2,5-6H2,1H3,(H,11,12,13)/b4-3-. The van der Waals surface area contributed by atoms with Gasteiger partial charge in [0.15, 0.2) is 0 Å². The molecule has 0 saturated carbocycles. The van der Waals surface area contributed by atoms with Gasteiger partial charge in [0.05, 0.1) is 6.61 Å². The summed E-state index contributed by atoms with van der Waals surface area (Å²) in [5, 5.41) is 0. The van der Waals surface area contributed by atoms with Crippen molar-refractivity contribution in [3.63, 3.8) is 0 Å². The van der Waals surface area contributed by atoms with Crippen molar-refractivity contribution in [3.05, 3.63) is 12.2 Å². The first-order valence-corrected chi connectivity index (χ1v) is 5.93. The molecule has 0 atom stereocenters. The fourth-order valence-corrected chi connectivity index (χ4v) is 0.916. The van der Waals surface area contributed by atoms with Gasteiger partial charge < -0.3 is 9.47 Å². The highest BCUT2D eigenvalue weighted by molar-refractivity contribution is 7.85. The SMILES string of the molecule is CCOC(=O)/C=C\C(=O)OCCS(=O)(=O)O. The average molecular weight is 252 g/mol. The zero-order valence-electron chi connectivity index (χ0n) is 8.58. The lowest BCUT2D eigenvalue weighted by Gasteiger charge is -1.99. The fourth-order valence-electron chi connectivity index (χ4n) is 0.622. The molecule has 0 spiro atoms. The Morgan fingerprint density at radius 3 is 2.12 bits per heavy atom. The van der Waals surface area contributed by atoms with Gasteiger partial charge in [-0.15, -0.1) is 0 Å². The van der Waals surface area contributed by atoms with Crippen molar-refractivity contribution in [2.45, 2.75) is 6.92 Å². The Bertz CT molecular complexity index is 368. The lowest BCUT2D eigenvalue weighted by molar-refractivity contribution is -0.139. The minimum atomic E-state index is -4.15. The number of rotatable bonds is 6. The van der Waals surface area contributed by atoms with E-state index < -0.39 is 34.4 Å². The zero-order valence-corrected chi connectivity index (χ0v) is 9.40. The molecule has 0 fully saturated rings. The Balaban J connectivity index is 3.87. The van der Waals surface area contributed by atoms with Gasteiger partial charge in [-0.3, -0.25) is 4.55 Å². The van der Waals surface area contributed by atoms with E-state index >= 15 is 0 Å². The van der Waals surface area contributed by atoms with Crippen LogP contribution in [0.5, 0.6) is 0 Å². The van der Waals surface area contributed by atoms with Crippen LogP contribution in [0.4, 0.5) is 0 Å². The maximum Gasteiger partial charge on any atom is 0.331 e. The number of ether oxygens (including phenoxy) is 2. The molecule has 0 saturated heterocycles. The van der Waals surface area contributed by atoms with Gasteiger partial charge in [0, 0.05) is 12.2 Å². The van der Waals surface area contributed by atoms with Gasteiger partial charge >= 0.3 is 11.9 Å². The van der Waals surface area contributed by atoms with Gasteiger partial charge in [-0.25, -0.2) is 9.59 Å². The summed E-state index contributed by atoms with van der Waals surface area (Å²) in [6.07, 6.45) is 1.67. The van der Waals surface area contributed by atoms with Crippen molar-refractivity contribution in [2.24, 2.45) is 0 Å². The van der Waals surface area contributed by atoms with Gasteiger partial charge in [-0.1, -0.05) is 0 Å². The molecule has 0 aromatic heterocycles. The second kappa shape index (κ2) is 6.96. The highest BCUT2D eigenvalue weighted by atomic mass is 32.2. The van der Waals surface area contributed by atoms with E-state index in [4.69, 9.17) is 4.55 Å². The van der Waals surface area contributed by atoms with Crippen LogP contribution in [0, 0.1) is 0 Å². The molecular weight excluding hydrogens is 240 g/mol. The van der Waals surface area contributed by atoms with E-state index in [0.29, 0.717) is 0 Å². The van der Waals surface area contributed by atoms with Crippen LogP contribution >= 0.6 is 0 Å². The molecular formula is C8H12O7S. The van der Waals surface area contributed by atoms with Crippen LogP contribution in [0.3, 0.4) is 0 Å². The number of hydrogen-bond donors (Lipinski definition) is 1. The van der Waals surface area contributed by atoms with Crippen LogP contribution in [-0.4, -0.2) is 43.9 Å². The summed E-state index contributed by atoms with van der Waals surface area (Å²) in [7, 11) is -4.15. The van der Waals surface area contributed by atoms with Crippen molar-refractivity contribution in [1.82, 2.24) is 0 Å². The maximum atomic E-state index is 10.8. The van der Waals surface area contributed by atoms with Crippen molar-refractivity contribution >= 4 is 22.1 Å². The first-order valence-electron chi connectivity index (χ1n) is 4.32. The maximum absolute atomic E-state index is 10.8. The van der Waals surface area contributed by atoms with Crippen LogP contribution in [0.1, 0.15) is 6.92 Å². The molecule has 0 unspecified atom stereocenters. The first-order chi connectivity index (χ1) is 7.35. The lowest BCUT2D eigenvalue weighted by atomic mass is 10.5. The molecule has 7 nitrogen and oxygen atoms in total. The summed E-state index contributed by atoms with van der Waals surface area (Å²) >= 11 is 0. The number of hydrogen-bond acceptors (Lipinski definition) is 6. The summed E-state index contributed by atoms with van der Waals surface area (Å²) in [4.78, 5) is 21.6.